The number of nitrogens with zero attached hydrogens (tertiary/aromatic N) is 2. The van der Waals surface area contributed by atoms with Crippen molar-refractivity contribution in [3.8, 4) is 5.88 Å². The lowest BCUT2D eigenvalue weighted by molar-refractivity contribution is 0.209. The molecule has 1 saturated heterocycles. The standard InChI is InChI=1S/C12H19N3O/c1-9(2)7-11-12(15-6-5-14-11)16-10-3-4-13-8-10/h5-6,9-10,13H,3-4,7-8H2,1-2H3. The molecule has 4 heteroatoms. The number of hydrogen-bond donors (Lipinski definition) is 1. The number of aromatic nitrogens is 2. The monoisotopic (exact) mass is 221 g/mol. The Morgan fingerprint density at radius 1 is 1.44 bits per heavy atom. The Morgan fingerprint density at radius 2 is 2.25 bits per heavy atom. The minimum Gasteiger partial charge on any atom is -0.472 e. The first-order valence-corrected chi connectivity index (χ1v) is 5.93. The smallest absolute Gasteiger partial charge is 0.235 e. The summed E-state index contributed by atoms with van der Waals surface area (Å²) in [6.07, 6.45) is 5.66. The largest absolute Gasteiger partial charge is 0.472 e. The molecule has 0 radical (unpaired) electrons. The van der Waals surface area contributed by atoms with Crippen molar-refractivity contribution >= 4 is 0 Å². The van der Waals surface area contributed by atoms with Gasteiger partial charge in [-0.1, -0.05) is 13.8 Å². The first-order chi connectivity index (χ1) is 7.75. The van der Waals surface area contributed by atoms with Crippen LogP contribution in [0.5, 0.6) is 5.88 Å². The van der Waals surface area contributed by atoms with E-state index in [2.05, 4.69) is 29.1 Å². The fraction of sp³-hybridized carbons (Fsp3) is 0.667. The second kappa shape index (κ2) is 5.25. The number of rotatable bonds is 4. The zero-order valence-electron chi connectivity index (χ0n) is 9.94. The molecule has 0 aliphatic carbocycles. The van der Waals surface area contributed by atoms with E-state index in [-0.39, 0.29) is 6.10 Å². The predicted octanol–water partition coefficient (Wildman–Crippen LogP) is 1.42. The molecule has 1 aromatic heterocycles. The molecular formula is C12H19N3O. The van der Waals surface area contributed by atoms with E-state index in [9.17, 15) is 0 Å². The van der Waals surface area contributed by atoms with Crippen molar-refractivity contribution in [2.45, 2.75) is 32.8 Å². The lowest BCUT2D eigenvalue weighted by Crippen LogP contribution is -2.21. The summed E-state index contributed by atoms with van der Waals surface area (Å²) in [5.41, 5.74) is 0.976. The molecule has 0 amide bonds. The average Bonchev–Trinajstić information content (AvgIpc) is 2.73. The van der Waals surface area contributed by atoms with Crippen LogP contribution in [0.3, 0.4) is 0 Å². The van der Waals surface area contributed by atoms with Crippen LogP contribution >= 0.6 is 0 Å². The molecule has 1 aliphatic heterocycles. The Labute approximate surface area is 96.4 Å². The summed E-state index contributed by atoms with van der Waals surface area (Å²) in [4.78, 5) is 8.64. The van der Waals surface area contributed by atoms with E-state index in [1.807, 2.05) is 0 Å². The van der Waals surface area contributed by atoms with Crippen molar-refractivity contribution in [2.24, 2.45) is 5.92 Å². The van der Waals surface area contributed by atoms with Gasteiger partial charge in [-0.25, -0.2) is 4.98 Å². The first kappa shape index (κ1) is 11.3. The molecule has 0 saturated carbocycles. The molecule has 0 spiro atoms. The molecule has 0 aromatic carbocycles. The van der Waals surface area contributed by atoms with E-state index in [4.69, 9.17) is 4.74 Å². The molecule has 2 heterocycles. The topological polar surface area (TPSA) is 47.0 Å². The molecule has 16 heavy (non-hydrogen) atoms. The van der Waals surface area contributed by atoms with Crippen molar-refractivity contribution in [1.82, 2.24) is 15.3 Å². The van der Waals surface area contributed by atoms with E-state index < -0.39 is 0 Å². The zero-order valence-corrected chi connectivity index (χ0v) is 9.94. The summed E-state index contributed by atoms with van der Waals surface area (Å²) in [5, 5.41) is 3.28. The Balaban J connectivity index is 2.06. The average molecular weight is 221 g/mol. The van der Waals surface area contributed by atoms with Crippen LogP contribution in [-0.4, -0.2) is 29.2 Å². The number of hydrogen-bond acceptors (Lipinski definition) is 4. The molecule has 4 nitrogen and oxygen atoms in total. The van der Waals surface area contributed by atoms with Gasteiger partial charge < -0.3 is 10.1 Å². The lowest BCUT2D eigenvalue weighted by Gasteiger charge is -2.14. The van der Waals surface area contributed by atoms with Crippen molar-refractivity contribution in [3.63, 3.8) is 0 Å². The van der Waals surface area contributed by atoms with Gasteiger partial charge in [0.15, 0.2) is 0 Å². The second-order valence-corrected chi connectivity index (χ2v) is 4.64. The van der Waals surface area contributed by atoms with Gasteiger partial charge in [-0.3, -0.25) is 4.98 Å². The maximum Gasteiger partial charge on any atom is 0.235 e. The molecular weight excluding hydrogens is 202 g/mol. The quantitative estimate of drug-likeness (QED) is 0.835. The van der Waals surface area contributed by atoms with Gasteiger partial charge >= 0.3 is 0 Å². The van der Waals surface area contributed by atoms with Crippen LogP contribution in [0.2, 0.25) is 0 Å². The van der Waals surface area contributed by atoms with Gasteiger partial charge in [0.25, 0.3) is 0 Å². The minimum atomic E-state index is 0.252. The van der Waals surface area contributed by atoms with Crippen LogP contribution in [0.25, 0.3) is 0 Å². The Kier molecular flexibility index (Phi) is 3.72. The Morgan fingerprint density at radius 3 is 2.94 bits per heavy atom. The molecule has 1 unspecified atom stereocenters. The van der Waals surface area contributed by atoms with Crippen LogP contribution in [0.15, 0.2) is 12.4 Å². The molecule has 1 N–H and O–H groups in total. The molecule has 1 fully saturated rings. The summed E-state index contributed by atoms with van der Waals surface area (Å²) in [6.45, 7) is 6.30. The van der Waals surface area contributed by atoms with Crippen molar-refractivity contribution in [3.05, 3.63) is 18.1 Å². The van der Waals surface area contributed by atoms with Crippen LogP contribution in [0.4, 0.5) is 0 Å². The van der Waals surface area contributed by atoms with Gasteiger partial charge in [0.2, 0.25) is 5.88 Å². The van der Waals surface area contributed by atoms with Crippen LogP contribution < -0.4 is 10.1 Å². The minimum absolute atomic E-state index is 0.252. The van der Waals surface area contributed by atoms with Crippen molar-refractivity contribution in [2.75, 3.05) is 13.1 Å². The van der Waals surface area contributed by atoms with Gasteiger partial charge in [-0.2, -0.15) is 0 Å². The summed E-state index contributed by atoms with van der Waals surface area (Å²) in [5.74, 6) is 1.28. The lowest BCUT2D eigenvalue weighted by atomic mass is 10.1. The normalized spacial score (nSPS) is 20.3. The zero-order chi connectivity index (χ0) is 11.4. The predicted molar refractivity (Wildman–Crippen MR) is 62.5 cm³/mol. The third-order valence-corrected chi connectivity index (χ3v) is 2.63. The molecule has 88 valence electrons. The third-order valence-electron chi connectivity index (χ3n) is 2.63. The molecule has 1 aromatic rings. The number of nitrogens with one attached hydrogen (secondary N) is 1. The highest BCUT2D eigenvalue weighted by atomic mass is 16.5. The highest BCUT2D eigenvalue weighted by Gasteiger charge is 2.18. The molecule has 0 bridgehead atoms. The van der Waals surface area contributed by atoms with Gasteiger partial charge in [-0.05, 0) is 25.3 Å². The van der Waals surface area contributed by atoms with Gasteiger partial charge in [0.05, 0.1) is 0 Å². The van der Waals surface area contributed by atoms with Crippen molar-refractivity contribution in [1.29, 1.82) is 0 Å². The third kappa shape index (κ3) is 2.92. The fourth-order valence-corrected chi connectivity index (χ4v) is 1.87. The van der Waals surface area contributed by atoms with E-state index in [0.29, 0.717) is 11.8 Å². The fourth-order valence-electron chi connectivity index (χ4n) is 1.87. The van der Waals surface area contributed by atoms with E-state index in [1.54, 1.807) is 12.4 Å². The Bertz CT molecular complexity index is 335. The van der Waals surface area contributed by atoms with Gasteiger partial charge in [-0.15, -0.1) is 0 Å². The van der Waals surface area contributed by atoms with Crippen molar-refractivity contribution < 1.29 is 4.74 Å². The number of ether oxygens (including phenoxy) is 1. The molecule has 1 aliphatic rings. The molecule has 2 rings (SSSR count). The second-order valence-electron chi connectivity index (χ2n) is 4.64. The van der Waals surface area contributed by atoms with Crippen LogP contribution in [0.1, 0.15) is 26.0 Å². The first-order valence-electron chi connectivity index (χ1n) is 5.93. The van der Waals surface area contributed by atoms with E-state index in [0.717, 1.165) is 31.6 Å². The summed E-state index contributed by atoms with van der Waals surface area (Å²) in [7, 11) is 0. The maximum absolute atomic E-state index is 5.87. The van der Waals surface area contributed by atoms with Gasteiger partial charge in [0, 0.05) is 18.9 Å². The van der Waals surface area contributed by atoms with Crippen LogP contribution in [0, 0.1) is 5.92 Å². The Hall–Kier alpha value is -1.16. The summed E-state index contributed by atoms with van der Waals surface area (Å²) >= 11 is 0. The highest BCUT2D eigenvalue weighted by molar-refractivity contribution is 5.18. The highest BCUT2D eigenvalue weighted by Crippen LogP contribution is 2.18. The van der Waals surface area contributed by atoms with Gasteiger partial charge in [0.1, 0.15) is 11.8 Å². The molecule has 1 atom stereocenters. The maximum atomic E-state index is 5.87. The SMILES string of the molecule is CC(C)Cc1nccnc1OC1CCNC1. The summed E-state index contributed by atoms with van der Waals surface area (Å²) < 4.78 is 5.87. The summed E-state index contributed by atoms with van der Waals surface area (Å²) in [6, 6.07) is 0. The van der Waals surface area contributed by atoms with E-state index >= 15 is 0 Å². The van der Waals surface area contributed by atoms with Crippen LogP contribution in [-0.2, 0) is 6.42 Å². The van der Waals surface area contributed by atoms with E-state index in [1.165, 1.54) is 0 Å².